The van der Waals surface area contributed by atoms with Crippen LogP contribution >= 0.6 is 0 Å². The zero-order valence-electron chi connectivity index (χ0n) is 10.00. The second kappa shape index (κ2) is 6.52. The molecule has 1 saturated carbocycles. The van der Waals surface area contributed by atoms with Crippen molar-refractivity contribution in [1.82, 2.24) is 0 Å². The average molecular weight is 338 g/mol. The number of alkyl halides is 2. The molecule has 1 nitrogen and oxygen atoms in total. The van der Waals surface area contributed by atoms with Gasteiger partial charge in [0.1, 0.15) is 0 Å². The molecule has 0 saturated heterocycles. The Morgan fingerprint density at radius 1 is 1.06 bits per heavy atom. The summed E-state index contributed by atoms with van der Waals surface area (Å²) in [7, 11) is 0. The van der Waals surface area contributed by atoms with Crippen molar-refractivity contribution in [2.24, 2.45) is 11.8 Å². The van der Waals surface area contributed by atoms with Crippen LogP contribution in [0.25, 0.3) is 0 Å². The standard InChI is InChI=1S/C12H21F2O.Sn/c1-8(10-6-4-3-5-7-10)11(13)12(14)9(2)15;/h3,8-12,15H,4-7H2,1-2H3;. The molecule has 93 valence electrons. The van der Waals surface area contributed by atoms with Gasteiger partial charge >= 0.3 is 110 Å². The zero-order valence-corrected chi connectivity index (χ0v) is 12.8. The van der Waals surface area contributed by atoms with Crippen LogP contribution < -0.4 is 0 Å². The first-order valence-electron chi connectivity index (χ1n) is 6.10. The van der Waals surface area contributed by atoms with Crippen LogP contribution in [-0.2, 0) is 0 Å². The van der Waals surface area contributed by atoms with Crippen LogP contribution in [0.5, 0.6) is 0 Å². The van der Waals surface area contributed by atoms with E-state index in [0.717, 1.165) is 29.6 Å². The Hall–Kier alpha value is 0.619. The Bertz CT molecular complexity index is 205. The van der Waals surface area contributed by atoms with E-state index in [1.54, 1.807) is 29.4 Å². The van der Waals surface area contributed by atoms with Gasteiger partial charge in [-0.3, -0.25) is 0 Å². The van der Waals surface area contributed by atoms with Gasteiger partial charge in [-0.2, -0.15) is 0 Å². The summed E-state index contributed by atoms with van der Waals surface area (Å²) in [5, 5.41) is 9.07. The molecular weight excluding hydrogens is 317 g/mol. The van der Waals surface area contributed by atoms with Gasteiger partial charge in [0.15, 0.2) is 0 Å². The first-order chi connectivity index (χ1) is 7.43. The van der Waals surface area contributed by atoms with Gasteiger partial charge in [0.25, 0.3) is 0 Å². The number of hydrogen-bond donors (Lipinski definition) is 1. The van der Waals surface area contributed by atoms with Gasteiger partial charge in [-0.05, 0) is 0 Å². The third kappa shape index (κ3) is 3.83. The van der Waals surface area contributed by atoms with Crippen molar-refractivity contribution < 1.29 is 13.9 Å². The van der Waals surface area contributed by atoms with Gasteiger partial charge in [0.2, 0.25) is 0 Å². The fourth-order valence-corrected chi connectivity index (χ4v) is 3.41. The van der Waals surface area contributed by atoms with E-state index < -0.39 is 18.4 Å². The Balaban J connectivity index is 2.47. The molecule has 0 aliphatic heterocycles. The van der Waals surface area contributed by atoms with E-state index in [9.17, 15) is 8.78 Å². The normalized spacial score (nSPS) is 34.1. The molecule has 3 radical (unpaired) electrons. The number of hydrogen-bond acceptors (Lipinski definition) is 1. The molecule has 0 amide bonds. The molecule has 0 spiro atoms. The molecule has 0 heterocycles. The van der Waals surface area contributed by atoms with E-state index in [-0.39, 0.29) is 5.92 Å². The molecular formula is C12H21F2OSn. The fourth-order valence-electron chi connectivity index (χ4n) is 2.46. The van der Waals surface area contributed by atoms with Crippen LogP contribution in [0, 0.1) is 11.8 Å². The number of rotatable bonds is 4. The number of aliphatic hydroxyl groups excluding tert-OH is 1. The van der Waals surface area contributed by atoms with Crippen LogP contribution in [-0.4, -0.2) is 46.1 Å². The first kappa shape index (κ1) is 14.7. The van der Waals surface area contributed by atoms with Gasteiger partial charge in [0.05, 0.1) is 0 Å². The summed E-state index contributed by atoms with van der Waals surface area (Å²) in [4.78, 5) is 0. The van der Waals surface area contributed by atoms with E-state index in [2.05, 4.69) is 0 Å². The Morgan fingerprint density at radius 3 is 2.00 bits per heavy atom. The summed E-state index contributed by atoms with van der Waals surface area (Å²) in [5.74, 6) is 0.0247. The third-order valence-corrected chi connectivity index (χ3v) is 5.43. The summed E-state index contributed by atoms with van der Waals surface area (Å²) in [6, 6.07) is 0. The zero-order chi connectivity index (χ0) is 12.3. The monoisotopic (exact) mass is 339 g/mol. The number of aliphatic hydroxyl groups is 1. The second-order valence-electron chi connectivity index (χ2n) is 5.10. The second-order valence-corrected chi connectivity index (χ2v) is 7.43. The van der Waals surface area contributed by atoms with Crippen molar-refractivity contribution in [1.29, 1.82) is 0 Å². The maximum atomic E-state index is 13.8. The molecule has 1 aliphatic rings. The summed E-state index contributed by atoms with van der Waals surface area (Å²) in [6.45, 7) is 3.10. The maximum absolute atomic E-state index is 13.8. The van der Waals surface area contributed by atoms with Crippen molar-refractivity contribution in [3.05, 3.63) is 0 Å². The van der Waals surface area contributed by atoms with Crippen LogP contribution in [0.2, 0.25) is 3.93 Å². The Morgan fingerprint density at radius 2 is 1.56 bits per heavy atom. The average Bonchev–Trinajstić information content (AvgIpc) is 2.27. The third-order valence-electron chi connectivity index (χ3n) is 3.78. The number of halogens is 2. The topological polar surface area (TPSA) is 20.2 Å². The Kier molecular flexibility index (Phi) is 5.99. The van der Waals surface area contributed by atoms with Crippen molar-refractivity contribution in [2.45, 2.75) is 61.9 Å². The first-order valence-corrected chi connectivity index (χ1v) is 7.75. The minimum atomic E-state index is -1.74. The molecule has 1 fully saturated rings. The fraction of sp³-hybridized carbons (Fsp3) is 1.00. The molecule has 1 N–H and O–H groups in total. The molecule has 0 aromatic carbocycles. The molecule has 16 heavy (non-hydrogen) atoms. The molecule has 1 aliphatic carbocycles. The summed E-state index contributed by atoms with van der Waals surface area (Å²) in [6.07, 6.45) is -0.109. The molecule has 4 unspecified atom stereocenters. The van der Waals surface area contributed by atoms with Crippen LogP contribution in [0.15, 0.2) is 0 Å². The van der Waals surface area contributed by atoms with Crippen LogP contribution in [0.3, 0.4) is 0 Å². The van der Waals surface area contributed by atoms with Gasteiger partial charge < -0.3 is 0 Å². The molecule has 0 aromatic heterocycles. The van der Waals surface area contributed by atoms with E-state index in [1.807, 2.05) is 0 Å². The van der Waals surface area contributed by atoms with E-state index >= 15 is 0 Å². The van der Waals surface area contributed by atoms with Crippen molar-refractivity contribution in [3.63, 3.8) is 0 Å². The molecule has 0 aromatic rings. The van der Waals surface area contributed by atoms with Crippen molar-refractivity contribution in [2.75, 3.05) is 0 Å². The van der Waals surface area contributed by atoms with E-state index in [1.165, 1.54) is 6.92 Å². The van der Waals surface area contributed by atoms with Gasteiger partial charge in [-0.1, -0.05) is 0 Å². The van der Waals surface area contributed by atoms with Gasteiger partial charge in [-0.25, -0.2) is 0 Å². The van der Waals surface area contributed by atoms with Crippen molar-refractivity contribution in [3.8, 4) is 0 Å². The molecule has 4 heteroatoms. The van der Waals surface area contributed by atoms with Crippen LogP contribution in [0.1, 0.15) is 39.5 Å². The van der Waals surface area contributed by atoms with Crippen LogP contribution in [0.4, 0.5) is 8.78 Å². The molecule has 4 atom stereocenters. The molecule has 1 rings (SSSR count). The van der Waals surface area contributed by atoms with Gasteiger partial charge in [-0.15, -0.1) is 0 Å². The summed E-state index contributed by atoms with van der Waals surface area (Å²) < 4.78 is 28.0. The van der Waals surface area contributed by atoms with E-state index in [4.69, 9.17) is 5.11 Å². The van der Waals surface area contributed by atoms with E-state index in [0.29, 0.717) is 5.92 Å². The van der Waals surface area contributed by atoms with Crippen molar-refractivity contribution >= 4 is 22.5 Å². The predicted octanol–water partition coefficient (Wildman–Crippen LogP) is 2.83. The quantitative estimate of drug-likeness (QED) is 0.782. The molecule has 0 bridgehead atoms. The predicted molar refractivity (Wildman–Crippen MR) is 62.1 cm³/mol. The summed E-state index contributed by atoms with van der Waals surface area (Å²) in [5.41, 5.74) is 0. The summed E-state index contributed by atoms with van der Waals surface area (Å²) >= 11 is 1.57. The Labute approximate surface area is 110 Å². The minimum absolute atomic E-state index is 0.270. The SMILES string of the molecule is CC(O)C(F)C(F)C(C)C1CC[CH]([Sn])CC1. The van der Waals surface area contributed by atoms with Gasteiger partial charge in [0, 0.05) is 0 Å².